The van der Waals surface area contributed by atoms with Crippen LogP contribution in [0.1, 0.15) is 16.7 Å². The largest absolute Gasteiger partial charge is 0.345 e. The van der Waals surface area contributed by atoms with Crippen LogP contribution in [0.2, 0.25) is 0 Å². The number of hydrogen-bond acceptors (Lipinski definition) is 5. The van der Waals surface area contributed by atoms with Gasteiger partial charge < -0.3 is 4.90 Å². The molecule has 0 aliphatic carbocycles. The molecule has 0 amide bonds. The van der Waals surface area contributed by atoms with Crippen LogP contribution in [0.3, 0.4) is 0 Å². The smallest absolute Gasteiger partial charge is 0.263 e. The van der Waals surface area contributed by atoms with E-state index in [1.165, 1.54) is 0 Å². The number of fused-ring (bicyclic) bond motifs is 1. The number of aryl methyl sites for hydroxylation is 1. The van der Waals surface area contributed by atoms with Gasteiger partial charge in [-0.05, 0) is 42.3 Å². The lowest BCUT2D eigenvalue weighted by atomic mass is 10.1. The Bertz CT molecular complexity index is 1530. The minimum atomic E-state index is -3.88. The van der Waals surface area contributed by atoms with Crippen LogP contribution in [0.4, 0.5) is 11.6 Å². The number of para-hydroxylation sites is 2. The third-order valence-electron chi connectivity index (χ3n) is 5.85. The number of rotatable bonds is 8. The molecule has 0 aliphatic rings. The van der Waals surface area contributed by atoms with Crippen LogP contribution in [-0.4, -0.2) is 18.4 Å². The average Bonchev–Trinajstić information content (AvgIpc) is 2.89. The van der Waals surface area contributed by atoms with Gasteiger partial charge in [0.1, 0.15) is 0 Å². The van der Waals surface area contributed by atoms with Gasteiger partial charge in [-0.3, -0.25) is 4.72 Å². The molecule has 6 nitrogen and oxygen atoms in total. The van der Waals surface area contributed by atoms with E-state index in [4.69, 9.17) is 9.97 Å². The van der Waals surface area contributed by atoms with Gasteiger partial charge in [0, 0.05) is 13.1 Å². The second-order valence-corrected chi connectivity index (χ2v) is 10.3. The molecule has 0 bridgehead atoms. The number of aromatic nitrogens is 2. The molecule has 36 heavy (non-hydrogen) atoms. The van der Waals surface area contributed by atoms with Crippen molar-refractivity contribution in [1.82, 2.24) is 9.97 Å². The summed E-state index contributed by atoms with van der Waals surface area (Å²) in [5.74, 6) is 0.665. The lowest BCUT2D eigenvalue weighted by Crippen LogP contribution is -2.26. The Labute approximate surface area is 211 Å². The first-order valence-electron chi connectivity index (χ1n) is 11.7. The maximum absolute atomic E-state index is 13.3. The van der Waals surface area contributed by atoms with Crippen molar-refractivity contribution < 1.29 is 8.42 Å². The molecule has 0 aliphatic heterocycles. The highest BCUT2D eigenvalue weighted by atomic mass is 32.2. The van der Waals surface area contributed by atoms with Gasteiger partial charge in [0.05, 0.1) is 15.9 Å². The molecule has 5 rings (SSSR count). The lowest BCUT2D eigenvalue weighted by molar-refractivity contribution is 0.601. The number of benzene rings is 4. The zero-order valence-electron chi connectivity index (χ0n) is 19.9. The molecule has 0 fully saturated rings. The van der Waals surface area contributed by atoms with E-state index in [2.05, 4.69) is 9.62 Å². The van der Waals surface area contributed by atoms with E-state index >= 15 is 0 Å². The minimum absolute atomic E-state index is 0.173. The first-order chi connectivity index (χ1) is 17.5. The molecule has 4 aromatic carbocycles. The third-order valence-corrected chi connectivity index (χ3v) is 7.20. The normalized spacial score (nSPS) is 11.4. The Hall–Kier alpha value is -4.23. The van der Waals surface area contributed by atoms with Gasteiger partial charge in [0.25, 0.3) is 10.0 Å². The van der Waals surface area contributed by atoms with Gasteiger partial charge in [-0.25, -0.2) is 18.4 Å². The summed E-state index contributed by atoms with van der Waals surface area (Å²) in [5.41, 5.74) is 4.45. The highest BCUT2D eigenvalue weighted by molar-refractivity contribution is 7.92. The van der Waals surface area contributed by atoms with E-state index in [0.29, 0.717) is 29.9 Å². The minimum Gasteiger partial charge on any atom is -0.345 e. The summed E-state index contributed by atoms with van der Waals surface area (Å²) >= 11 is 0. The van der Waals surface area contributed by atoms with Crippen molar-refractivity contribution in [3.05, 3.63) is 126 Å². The van der Waals surface area contributed by atoms with Crippen molar-refractivity contribution >= 4 is 32.7 Å². The summed E-state index contributed by atoms with van der Waals surface area (Å²) in [4.78, 5) is 11.8. The van der Waals surface area contributed by atoms with Gasteiger partial charge in [-0.15, -0.1) is 0 Å². The van der Waals surface area contributed by atoms with Crippen LogP contribution in [-0.2, 0) is 23.1 Å². The summed E-state index contributed by atoms with van der Waals surface area (Å²) in [6.07, 6.45) is 0. The Balaban J connectivity index is 1.62. The third kappa shape index (κ3) is 5.37. The van der Waals surface area contributed by atoms with Crippen LogP contribution >= 0.6 is 0 Å². The monoisotopic (exact) mass is 494 g/mol. The van der Waals surface area contributed by atoms with Gasteiger partial charge >= 0.3 is 0 Å². The predicted octanol–water partition coefficient (Wildman–Crippen LogP) is 5.95. The molecule has 1 aromatic heterocycles. The summed E-state index contributed by atoms with van der Waals surface area (Å²) < 4.78 is 29.4. The highest BCUT2D eigenvalue weighted by Crippen LogP contribution is 2.30. The van der Waals surface area contributed by atoms with E-state index < -0.39 is 10.0 Å². The van der Waals surface area contributed by atoms with E-state index in [1.807, 2.05) is 91.9 Å². The van der Waals surface area contributed by atoms with Crippen LogP contribution in [0, 0.1) is 6.92 Å². The molecule has 0 atom stereocenters. The summed E-state index contributed by atoms with van der Waals surface area (Å²) in [6.45, 7) is 2.98. The number of nitrogens with one attached hydrogen (secondary N) is 1. The van der Waals surface area contributed by atoms with Crippen LogP contribution in [0.25, 0.3) is 11.0 Å². The number of nitrogens with zero attached hydrogens (tertiary/aromatic N) is 3. The molecule has 1 heterocycles. The number of sulfonamides is 1. The fourth-order valence-electron chi connectivity index (χ4n) is 4.00. The molecule has 5 aromatic rings. The second-order valence-electron chi connectivity index (χ2n) is 8.63. The molecule has 180 valence electrons. The van der Waals surface area contributed by atoms with Crippen molar-refractivity contribution in [3.8, 4) is 0 Å². The van der Waals surface area contributed by atoms with E-state index in [9.17, 15) is 8.42 Å². The summed E-state index contributed by atoms with van der Waals surface area (Å²) in [7, 11) is -3.88. The van der Waals surface area contributed by atoms with Gasteiger partial charge in [0.2, 0.25) is 0 Å². The standard InChI is InChI=1S/C29H26N4O2S/c1-22-16-18-25(19-17-22)36(34,35)32-28-29(31-27-15-9-8-14-26(27)30-28)33(20-23-10-4-2-5-11-23)21-24-12-6-3-7-13-24/h2-19H,20-21H2,1H3,(H,30,32). The molecule has 0 spiro atoms. The zero-order chi connectivity index (χ0) is 25.0. The molecular weight excluding hydrogens is 468 g/mol. The summed E-state index contributed by atoms with van der Waals surface area (Å²) in [5, 5.41) is 0. The molecule has 1 N–H and O–H groups in total. The van der Waals surface area contributed by atoms with E-state index in [0.717, 1.165) is 16.7 Å². The Morgan fingerprint density at radius 2 is 1.17 bits per heavy atom. The molecule has 0 radical (unpaired) electrons. The van der Waals surface area contributed by atoms with Crippen molar-refractivity contribution in [2.24, 2.45) is 0 Å². The molecule has 0 saturated heterocycles. The van der Waals surface area contributed by atoms with Crippen molar-refractivity contribution in [2.45, 2.75) is 24.9 Å². The first kappa shape index (κ1) is 23.5. The van der Waals surface area contributed by atoms with Gasteiger partial charge in [-0.2, -0.15) is 0 Å². The number of anilines is 2. The van der Waals surface area contributed by atoms with E-state index in [1.54, 1.807) is 24.3 Å². The summed E-state index contributed by atoms with van der Waals surface area (Å²) in [6, 6.07) is 34.3. The number of hydrogen-bond donors (Lipinski definition) is 1. The van der Waals surface area contributed by atoms with Crippen LogP contribution in [0.5, 0.6) is 0 Å². The highest BCUT2D eigenvalue weighted by Gasteiger charge is 2.22. The molecular formula is C29H26N4O2S. The van der Waals surface area contributed by atoms with Gasteiger partial charge in [-0.1, -0.05) is 90.5 Å². The van der Waals surface area contributed by atoms with Gasteiger partial charge in [0.15, 0.2) is 11.6 Å². The van der Waals surface area contributed by atoms with Crippen molar-refractivity contribution in [1.29, 1.82) is 0 Å². The predicted molar refractivity (Wildman–Crippen MR) is 144 cm³/mol. The zero-order valence-corrected chi connectivity index (χ0v) is 20.7. The fraction of sp³-hybridized carbons (Fsp3) is 0.103. The molecule has 0 unspecified atom stereocenters. The average molecular weight is 495 g/mol. The van der Waals surface area contributed by atoms with Crippen LogP contribution < -0.4 is 9.62 Å². The molecule has 7 heteroatoms. The lowest BCUT2D eigenvalue weighted by Gasteiger charge is -2.26. The molecule has 0 saturated carbocycles. The quantitative estimate of drug-likeness (QED) is 0.289. The maximum Gasteiger partial charge on any atom is 0.263 e. The fourth-order valence-corrected chi connectivity index (χ4v) is 5.00. The van der Waals surface area contributed by atoms with Crippen molar-refractivity contribution in [2.75, 3.05) is 9.62 Å². The maximum atomic E-state index is 13.3. The topological polar surface area (TPSA) is 75.2 Å². The SMILES string of the molecule is Cc1ccc(S(=O)(=O)Nc2nc3ccccc3nc2N(Cc2ccccc2)Cc2ccccc2)cc1. The Kier molecular flexibility index (Phi) is 6.64. The van der Waals surface area contributed by atoms with E-state index in [-0.39, 0.29) is 10.7 Å². The second kappa shape index (κ2) is 10.2. The Morgan fingerprint density at radius 1 is 0.667 bits per heavy atom. The van der Waals surface area contributed by atoms with Crippen molar-refractivity contribution in [3.63, 3.8) is 0 Å². The first-order valence-corrected chi connectivity index (χ1v) is 13.2. The Morgan fingerprint density at radius 3 is 1.72 bits per heavy atom. The van der Waals surface area contributed by atoms with Crippen LogP contribution in [0.15, 0.2) is 114 Å².